The van der Waals surface area contributed by atoms with Gasteiger partial charge in [0.05, 0.1) is 0 Å². The Kier molecular flexibility index (Phi) is 4.88. The predicted molar refractivity (Wildman–Crippen MR) is 93.0 cm³/mol. The molecule has 1 N–H and O–H groups in total. The maximum atomic E-state index is 13.2. The normalized spacial score (nSPS) is 10.6. The van der Waals surface area contributed by atoms with E-state index in [-0.39, 0.29) is 11.1 Å². The summed E-state index contributed by atoms with van der Waals surface area (Å²) in [4.78, 5) is 27.8. The third-order valence-electron chi connectivity index (χ3n) is 3.76. The number of hydrogen-bond acceptors (Lipinski definition) is 3. The molecule has 1 amide bonds. The molecular formula is C19H15F2N3O2. The Hall–Kier alpha value is -3.35. The number of nitrogens with zero attached hydrogens (tertiary/aromatic N) is 2. The first kappa shape index (κ1) is 17.5. The smallest absolute Gasteiger partial charge is 0.257 e. The van der Waals surface area contributed by atoms with Crippen molar-refractivity contribution in [1.29, 1.82) is 0 Å². The maximum absolute atomic E-state index is 13.2. The zero-order valence-corrected chi connectivity index (χ0v) is 13.9. The molecule has 0 spiro atoms. The van der Waals surface area contributed by atoms with Crippen LogP contribution in [0.15, 0.2) is 59.7 Å². The van der Waals surface area contributed by atoms with E-state index in [1.54, 1.807) is 19.2 Å². The number of rotatable bonds is 4. The van der Waals surface area contributed by atoms with E-state index in [4.69, 9.17) is 0 Å². The van der Waals surface area contributed by atoms with Gasteiger partial charge in [-0.25, -0.2) is 13.8 Å². The van der Waals surface area contributed by atoms with E-state index in [1.165, 1.54) is 41.2 Å². The summed E-state index contributed by atoms with van der Waals surface area (Å²) in [6.45, 7) is 0. The summed E-state index contributed by atoms with van der Waals surface area (Å²) < 4.78 is 27.8. The lowest BCUT2D eigenvalue weighted by molar-refractivity contribution is 0.102. The summed E-state index contributed by atoms with van der Waals surface area (Å²) >= 11 is 0. The number of nitrogens with one attached hydrogen (secondary N) is 1. The van der Waals surface area contributed by atoms with Crippen LogP contribution in [0.4, 0.5) is 14.6 Å². The highest BCUT2D eigenvalue weighted by Crippen LogP contribution is 2.14. The summed E-state index contributed by atoms with van der Waals surface area (Å²) in [5.41, 5.74) is 1.17. The van der Waals surface area contributed by atoms with Gasteiger partial charge in [0.2, 0.25) is 0 Å². The van der Waals surface area contributed by atoms with Crippen molar-refractivity contribution in [3.63, 3.8) is 0 Å². The van der Waals surface area contributed by atoms with Crippen molar-refractivity contribution < 1.29 is 13.6 Å². The zero-order chi connectivity index (χ0) is 18.7. The second-order valence-electron chi connectivity index (χ2n) is 5.82. The molecule has 0 radical (unpaired) electrons. The van der Waals surface area contributed by atoms with Crippen LogP contribution in [0.25, 0.3) is 0 Å². The molecule has 0 aliphatic heterocycles. The molecule has 0 aliphatic rings. The topological polar surface area (TPSA) is 64.0 Å². The van der Waals surface area contributed by atoms with E-state index in [9.17, 15) is 18.4 Å². The number of aryl methyl sites for hydroxylation is 1. The second-order valence-corrected chi connectivity index (χ2v) is 5.82. The van der Waals surface area contributed by atoms with Gasteiger partial charge >= 0.3 is 0 Å². The summed E-state index contributed by atoms with van der Waals surface area (Å²) in [6.07, 6.45) is 3.33. The molecule has 7 heteroatoms. The van der Waals surface area contributed by atoms with Crippen LogP contribution in [0.3, 0.4) is 0 Å². The van der Waals surface area contributed by atoms with Crippen molar-refractivity contribution in [3.05, 3.63) is 93.5 Å². The van der Waals surface area contributed by atoms with Gasteiger partial charge in [-0.05, 0) is 41.8 Å². The fraction of sp³-hybridized carbons (Fsp3) is 0.105. The number of halogens is 2. The van der Waals surface area contributed by atoms with Gasteiger partial charge in [-0.2, -0.15) is 0 Å². The molecule has 0 bridgehead atoms. The van der Waals surface area contributed by atoms with Crippen LogP contribution in [-0.2, 0) is 13.5 Å². The lowest BCUT2D eigenvalue weighted by atomic mass is 10.1. The predicted octanol–water partition coefficient (Wildman–Crippen LogP) is 2.90. The molecule has 132 valence electrons. The van der Waals surface area contributed by atoms with Crippen molar-refractivity contribution in [1.82, 2.24) is 9.55 Å². The van der Waals surface area contributed by atoms with Crippen LogP contribution < -0.4 is 10.9 Å². The van der Waals surface area contributed by atoms with Crippen LogP contribution in [0.2, 0.25) is 0 Å². The molecule has 0 saturated carbocycles. The van der Waals surface area contributed by atoms with Gasteiger partial charge in [-0.15, -0.1) is 0 Å². The zero-order valence-electron chi connectivity index (χ0n) is 13.9. The minimum Gasteiger partial charge on any atom is -0.319 e. The van der Waals surface area contributed by atoms with Gasteiger partial charge in [0.15, 0.2) is 0 Å². The van der Waals surface area contributed by atoms with Crippen LogP contribution in [0.5, 0.6) is 0 Å². The minimum absolute atomic E-state index is 0.231. The van der Waals surface area contributed by atoms with Gasteiger partial charge in [0, 0.05) is 37.1 Å². The monoisotopic (exact) mass is 355 g/mol. The van der Waals surface area contributed by atoms with E-state index in [0.29, 0.717) is 17.8 Å². The molecule has 0 fully saturated rings. The summed E-state index contributed by atoms with van der Waals surface area (Å²) in [5.74, 6) is -1.41. The number of carbonyl (C=O) groups is 1. The van der Waals surface area contributed by atoms with Crippen molar-refractivity contribution in [2.24, 2.45) is 7.05 Å². The second kappa shape index (κ2) is 7.26. The molecule has 3 aromatic rings. The number of carbonyl (C=O) groups excluding carboxylic acids is 1. The molecule has 26 heavy (non-hydrogen) atoms. The van der Waals surface area contributed by atoms with Gasteiger partial charge in [0.25, 0.3) is 11.5 Å². The first-order chi connectivity index (χ1) is 12.4. The quantitative estimate of drug-likeness (QED) is 0.783. The Morgan fingerprint density at radius 2 is 1.81 bits per heavy atom. The van der Waals surface area contributed by atoms with Gasteiger partial charge in [0.1, 0.15) is 17.5 Å². The molecule has 3 rings (SSSR count). The largest absolute Gasteiger partial charge is 0.319 e. The Morgan fingerprint density at radius 1 is 1.08 bits per heavy atom. The van der Waals surface area contributed by atoms with Crippen molar-refractivity contribution in [2.45, 2.75) is 6.42 Å². The van der Waals surface area contributed by atoms with Crippen molar-refractivity contribution >= 4 is 11.7 Å². The summed E-state index contributed by atoms with van der Waals surface area (Å²) in [5, 5.41) is 2.60. The number of amides is 1. The number of pyridine rings is 2. The fourth-order valence-corrected chi connectivity index (χ4v) is 2.43. The summed E-state index contributed by atoms with van der Waals surface area (Å²) in [6, 6.07) is 9.39. The lowest BCUT2D eigenvalue weighted by Gasteiger charge is -2.07. The molecule has 0 aliphatic carbocycles. The van der Waals surface area contributed by atoms with Crippen molar-refractivity contribution in [2.75, 3.05) is 5.32 Å². The fourth-order valence-electron chi connectivity index (χ4n) is 2.43. The van der Waals surface area contributed by atoms with Crippen LogP contribution in [-0.4, -0.2) is 15.5 Å². The average Bonchev–Trinajstić information content (AvgIpc) is 2.58. The van der Waals surface area contributed by atoms with E-state index in [2.05, 4.69) is 10.3 Å². The molecule has 0 atom stereocenters. The molecule has 1 aromatic carbocycles. The van der Waals surface area contributed by atoms with Gasteiger partial charge < -0.3 is 9.88 Å². The van der Waals surface area contributed by atoms with E-state index >= 15 is 0 Å². The number of benzene rings is 1. The van der Waals surface area contributed by atoms with Gasteiger partial charge in [-0.1, -0.05) is 6.07 Å². The standard InChI is InChI=1S/C19H15F2N3O2/c1-24-5-4-14(9-18(24)25)19(26)23-17-3-2-12(11-22-17)6-13-7-15(20)10-16(21)8-13/h2-5,7-11H,6H2,1H3,(H,22,23,26). The highest BCUT2D eigenvalue weighted by Gasteiger charge is 2.08. The third-order valence-corrected chi connectivity index (χ3v) is 3.76. The maximum Gasteiger partial charge on any atom is 0.257 e. The first-order valence-electron chi connectivity index (χ1n) is 7.78. The molecule has 0 saturated heterocycles. The number of aromatic nitrogens is 2. The molecular weight excluding hydrogens is 340 g/mol. The Labute approximate surface area is 147 Å². The highest BCUT2D eigenvalue weighted by molar-refractivity contribution is 6.03. The van der Waals surface area contributed by atoms with E-state index in [0.717, 1.165) is 11.6 Å². The molecule has 2 aromatic heterocycles. The number of anilines is 1. The van der Waals surface area contributed by atoms with E-state index in [1.807, 2.05) is 0 Å². The summed E-state index contributed by atoms with van der Waals surface area (Å²) in [7, 11) is 1.59. The first-order valence-corrected chi connectivity index (χ1v) is 7.78. The highest BCUT2D eigenvalue weighted by atomic mass is 19.1. The van der Waals surface area contributed by atoms with Crippen LogP contribution in [0, 0.1) is 11.6 Å². The van der Waals surface area contributed by atoms with Crippen LogP contribution >= 0.6 is 0 Å². The Balaban J connectivity index is 1.70. The minimum atomic E-state index is -0.633. The van der Waals surface area contributed by atoms with Gasteiger partial charge in [-0.3, -0.25) is 9.59 Å². The average molecular weight is 355 g/mol. The lowest BCUT2D eigenvalue weighted by Crippen LogP contribution is -2.20. The van der Waals surface area contributed by atoms with Crippen molar-refractivity contribution in [3.8, 4) is 0 Å². The molecule has 0 unspecified atom stereocenters. The Morgan fingerprint density at radius 3 is 2.42 bits per heavy atom. The van der Waals surface area contributed by atoms with Crippen LogP contribution in [0.1, 0.15) is 21.5 Å². The third kappa shape index (κ3) is 4.18. The SMILES string of the molecule is Cn1ccc(C(=O)Nc2ccc(Cc3cc(F)cc(F)c3)cn2)cc1=O. The molecule has 5 nitrogen and oxygen atoms in total. The number of hydrogen-bond donors (Lipinski definition) is 1. The van der Waals surface area contributed by atoms with E-state index < -0.39 is 17.5 Å². The molecule has 2 heterocycles. The Bertz CT molecular complexity index is 994.